The van der Waals surface area contributed by atoms with Gasteiger partial charge in [-0.1, -0.05) is 37.7 Å². The lowest BCUT2D eigenvalue weighted by atomic mass is 10.2. The van der Waals surface area contributed by atoms with Crippen LogP contribution in [0.4, 0.5) is 5.69 Å². The van der Waals surface area contributed by atoms with Gasteiger partial charge in [-0.3, -0.25) is 9.20 Å². The number of nitrogens with zero attached hydrogens (tertiary/aromatic N) is 4. The molecule has 3 aromatic rings. The summed E-state index contributed by atoms with van der Waals surface area (Å²) < 4.78 is 33.5. The maximum atomic E-state index is 12.8. The van der Waals surface area contributed by atoms with Crippen LogP contribution in [0.1, 0.15) is 26.3 Å². The molecule has 2 aromatic heterocycles. The molecule has 0 aliphatic carbocycles. The quantitative estimate of drug-likeness (QED) is 0.234. The summed E-state index contributed by atoms with van der Waals surface area (Å²) >= 11 is 1.15. The first-order chi connectivity index (χ1) is 16.8. The fourth-order valence-corrected chi connectivity index (χ4v) is 5.35. The zero-order valence-electron chi connectivity index (χ0n) is 19.7. The Hall–Kier alpha value is -3.22. The first kappa shape index (κ1) is 26.4. The molecule has 1 amide bonds. The number of pyridine rings is 1. The second kappa shape index (κ2) is 12.0. The number of ether oxygens (including phenoxy) is 1. The number of thioether (sulfide) groups is 1. The summed E-state index contributed by atoms with van der Waals surface area (Å²) in [5.41, 5.74) is 1.87. The number of carbonyl (C=O) groups is 2. The number of hydrogen-bond donors (Lipinski definition) is 1. The Labute approximate surface area is 208 Å². The molecule has 0 bridgehead atoms. The molecule has 0 saturated heterocycles. The van der Waals surface area contributed by atoms with E-state index in [1.165, 1.54) is 22.6 Å². The molecule has 0 aliphatic heterocycles. The van der Waals surface area contributed by atoms with Crippen LogP contribution in [0.5, 0.6) is 0 Å². The van der Waals surface area contributed by atoms with Crippen molar-refractivity contribution < 1.29 is 22.7 Å². The van der Waals surface area contributed by atoms with Crippen molar-refractivity contribution in [1.29, 1.82) is 0 Å². The Kier molecular flexibility index (Phi) is 9.01. The molecule has 1 aromatic carbocycles. The zero-order valence-corrected chi connectivity index (χ0v) is 21.3. The molecular weight excluding hydrogens is 490 g/mol. The van der Waals surface area contributed by atoms with Gasteiger partial charge in [0, 0.05) is 31.0 Å². The van der Waals surface area contributed by atoms with E-state index in [1.54, 1.807) is 61.6 Å². The molecule has 186 valence electrons. The lowest BCUT2D eigenvalue weighted by Gasteiger charge is -2.18. The summed E-state index contributed by atoms with van der Waals surface area (Å²) in [5, 5.41) is 11.3. The molecule has 12 heteroatoms. The maximum Gasteiger partial charge on any atom is 0.330 e. The molecule has 0 saturated carbocycles. The van der Waals surface area contributed by atoms with Gasteiger partial charge < -0.3 is 10.1 Å². The van der Waals surface area contributed by atoms with Gasteiger partial charge in [-0.15, -0.1) is 10.2 Å². The molecule has 3 rings (SSSR count). The van der Waals surface area contributed by atoms with Gasteiger partial charge in [0.05, 0.1) is 17.3 Å². The van der Waals surface area contributed by atoms with Crippen LogP contribution in [0.2, 0.25) is 0 Å². The highest BCUT2D eigenvalue weighted by Crippen LogP contribution is 2.22. The topological polar surface area (TPSA) is 123 Å². The highest BCUT2D eigenvalue weighted by atomic mass is 32.2. The second-order valence-electron chi connectivity index (χ2n) is 7.21. The number of hydrogen-bond acceptors (Lipinski definition) is 8. The summed E-state index contributed by atoms with van der Waals surface area (Å²) in [6.07, 6.45) is 4.45. The van der Waals surface area contributed by atoms with E-state index in [4.69, 9.17) is 4.74 Å². The highest BCUT2D eigenvalue weighted by molar-refractivity contribution is 7.99. The minimum atomic E-state index is -3.64. The van der Waals surface area contributed by atoms with Gasteiger partial charge in [-0.2, -0.15) is 4.31 Å². The SMILES string of the molecule is CCOC(=O)/C=C\c1ccc(NC(=O)CSc2nnc3ccc(S(=O)(=O)N(CC)CC)cn23)cc1. The van der Waals surface area contributed by atoms with E-state index in [2.05, 4.69) is 15.5 Å². The van der Waals surface area contributed by atoms with Crippen LogP contribution in [0.15, 0.2) is 58.7 Å². The van der Waals surface area contributed by atoms with Gasteiger partial charge in [-0.25, -0.2) is 13.2 Å². The molecule has 35 heavy (non-hydrogen) atoms. The van der Waals surface area contributed by atoms with Crippen molar-refractivity contribution in [2.24, 2.45) is 0 Å². The van der Waals surface area contributed by atoms with Crippen LogP contribution in [0.25, 0.3) is 11.7 Å². The lowest BCUT2D eigenvalue weighted by molar-refractivity contribution is -0.137. The van der Waals surface area contributed by atoms with Gasteiger partial charge in [0.2, 0.25) is 15.9 Å². The summed E-state index contributed by atoms with van der Waals surface area (Å²) in [4.78, 5) is 24.0. The standard InChI is InChI=1S/C23H27N5O5S2/c1-4-27(5-2)35(31,32)19-12-13-20-25-26-23(28(20)15-19)34-16-21(29)24-18-10-7-17(8-11-18)9-14-22(30)33-6-3/h7-15H,4-6,16H2,1-3H3,(H,24,29)/b14-9-. The average Bonchev–Trinajstić information content (AvgIpc) is 3.25. The molecule has 2 heterocycles. The summed E-state index contributed by atoms with van der Waals surface area (Å²) in [7, 11) is -3.64. The summed E-state index contributed by atoms with van der Waals surface area (Å²) in [6, 6.07) is 10.1. The van der Waals surface area contributed by atoms with Crippen molar-refractivity contribution in [3.05, 3.63) is 54.2 Å². The molecule has 0 unspecified atom stereocenters. The number of fused-ring (bicyclic) bond motifs is 1. The molecule has 0 fully saturated rings. The Balaban J connectivity index is 1.64. The number of sulfonamides is 1. The Morgan fingerprint density at radius 1 is 1.09 bits per heavy atom. The third kappa shape index (κ3) is 6.68. The third-order valence-corrected chi connectivity index (χ3v) is 7.89. The number of rotatable bonds is 11. The smallest absolute Gasteiger partial charge is 0.330 e. The molecule has 0 spiro atoms. The third-order valence-electron chi connectivity index (χ3n) is 4.91. The van der Waals surface area contributed by atoms with Crippen LogP contribution in [0.3, 0.4) is 0 Å². The zero-order chi connectivity index (χ0) is 25.4. The average molecular weight is 518 g/mol. The minimum absolute atomic E-state index is 0.0539. The van der Waals surface area contributed by atoms with Crippen LogP contribution in [0, 0.1) is 0 Å². The van der Waals surface area contributed by atoms with E-state index in [-0.39, 0.29) is 16.6 Å². The fourth-order valence-electron chi connectivity index (χ4n) is 3.17. The Bertz CT molecular complexity index is 1320. The Morgan fingerprint density at radius 3 is 2.46 bits per heavy atom. The van der Waals surface area contributed by atoms with Crippen molar-refractivity contribution in [3.8, 4) is 0 Å². The van der Waals surface area contributed by atoms with E-state index in [0.29, 0.717) is 36.2 Å². The normalized spacial score (nSPS) is 11.9. The number of esters is 1. The largest absolute Gasteiger partial charge is 0.463 e. The van der Waals surface area contributed by atoms with Gasteiger partial charge in [0.25, 0.3) is 0 Å². The highest BCUT2D eigenvalue weighted by Gasteiger charge is 2.23. The van der Waals surface area contributed by atoms with E-state index < -0.39 is 16.0 Å². The van der Waals surface area contributed by atoms with E-state index >= 15 is 0 Å². The van der Waals surface area contributed by atoms with Gasteiger partial charge in [0.15, 0.2) is 10.8 Å². The first-order valence-electron chi connectivity index (χ1n) is 11.0. The monoisotopic (exact) mass is 517 g/mol. The maximum absolute atomic E-state index is 12.8. The number of nitrogens with one attached hydrogen (secondary N) is 1. The van der Waals surface area contributed by atoms with Crippen molar-refractivity contribution in [2.75, 3.05) is 30.8 Å². The van der Waals surface area contributed by atoms with E-state index in [9.17, 15) is 18.0 Å². The van der Waals surface area contributed by atoms with Crippen LogP contribution in [-0.4, -0.2) is 64.6 Å². The number of anilines is 1. The van der Waals surface area contributed by atoms with Gasteiger partial charge in [-0.05, 0) is 42.8 Å². The van der Waals surface area contributed by atoms with Crippen LogP contribution >= 0.6 is 11.8 Å². The minimum Gasteiger partial charge on any atom is -0.463 e. The van der Waals surface area contributed by atoms with E-state index in [0.717, 1.165) is 17.3 Å². The van der Waals surface area contributed by atoms with Crippen molar-refractivity contribution in [1.82, 2.24) is 18.9 Å². The molecule has 0 aliphatic rings. The Morgan fingerprint density at radius 2 is 1.80 bits per heavy atom. The van der Waals surface area contributed by atoms with Crippen molar-refractivity contribution in [2.45, 2.75) is 30.8 Å². The lowest BCUT2D eigenvalue weighted by Crippen LogP contribution is -2.30. The molecule has 0 atom stereocenters. The van der Waals surface area contributed by atoms with Crippen molar-refractivity contribution >= 4 is 51.1 Å². The molecule has 1 N–H and O–H groups in total. The van der Waals surface area contributed by atoms with Crippen molar-refractivity contribution in [3.63, 3.8) is 0 Å². The molecule has 10 nitrogen and oxygen atoms in total. The fraction of sp³-hybridized carbons (Fsp3) is 0.304. The van der Waals surface area contributed by atoms with Gasteiger partial charge in [0.1, 0.15) is 0 Å². The predicted octanol–water partition coefficient (Wildman–Crippen LogP) is 3.07. The number of amides is 1. The first-order valence-corrected chi connectivity index (χ1v) is 13.4. The second-order valence-corrected chi connectivity index (χ2v) is 10.1. The van der Waals surface area contributed by atoms with Gasteiger partial charge >= 0.3 is 5.97 Å². The molecule has 0 radical (unpaired) electrons. The van der Waals surface area contributed by atoms with E-state index in [1.807, 2.05) is 0 Å². The number of carbonyl (C=O) groups excluding carboxylic acids is 2. The predicted molar refractivity (Wildman–Crippen MR) is 135 cm³/mol. The summed E-state index contributed by atoms with van der Waals surface area (Å²) in [5.74, 6) is -0.618. The summed E-state index contributed by atoms with van der Waals surface area (Å²) in [6.45, 7) is 6.35. The number of aromatic nitrogens is 3. The molecular formula is C23H27N5O5S2. The van der Waals surface area contributed by atoms with Crippen LogP contribution in [-0.2, 0) is 24.3 Å². The van der Waals surface area contributed by atoms with Crippen LogP contribution < -0.4 is 5.32 Å². The number of benzene rings is 1.